The van der Waals surface area contributed by atoms with Crippen LogP contribution in [0.3, 0.4) is 0 Å². The summed E-state index contributed by atoms with van der Waals surface area (Å²) in [6.07, 6.45) is 9.47. The van der Waals surface area contributed by atoms with Crippen LogP contribution in [0.5, 0.6) is 0 Å². The first-order valence-corrected chi connectivity index (χ1v) is 6.37. The molecule has 0 aliphatic heterocycles. The van der Waals surface area contributed by atoms with E-state index in [1.807, 2.05) is 13.0 Å². The quantitative estimate of drug-likeness (QED) is 0.867. The smallest absolute Gasteiger partial charge is 0.224 e. The zero-order chi connectivity index (χ0) is 11.9. The van der Waals surface area contributed by atoms with Crippen LogP contribution in [0.4, 0.5) is 5.69 Å². The molecule has 3 nitrogen and oxygen atoms in total. The highest BCUT2D eigenvalue weighted by Gasteiger charge is 2.52. The van der Waals surface area contributed by atoms with Crippen molar-refractivity contribution in [1.29, 1.82) is 0 Å². The van der Waals surface area contributed by atoms with Gasteiger partial charge in [-0.2, -0.15) is 0 Å². The molecule has 1 spiro atoms. The van der Waals surface area contributed by atoms with E-state index in [0.717, 1.165) is 11.3 Å². The molecule has 1 N–H and O–H groups in total. The van der Waals surface area contributed by atoms with Crippen LogP contribution in [0.1, 0.15) is 37.7 Å². The van der Waals surface area contributed by atoms with Crippen molar-refractivity contribution in [3.63, 3.8) is 0 Å². The fraction of sp³-hybridized carbons (Fsp3) is 0.571. The molecule has 0 bridgehead atoms. The lowest BCUT2D eigenvalue weighted by Crippen LogP contribution is -2.29. The number of nitrogens with one attached hydrogen (secondary N) is 1. The Morgan fingerprint density at radius 2 is 2.29 bits per heavy atom. The molecule has 1 aromatic rings. The number of aryl methyl sites for hydroxylation is 1. The van der Waals surface area contributed by atoms with E-state index in [4.69, 9.17) is 0 Å². The highest BCUT2D eigenvalue weighted by Crippen LogP contribution is 2.64. The zero-order valence-corrected chi connectivity index (χ0v) is 10.2. The first kappa shape index (κ1) is 10.8. The van der Waals surface area contributed by atoms with Gasteiger partial charge in [-0.25, -0.2) is 0 Å². The molecule has 0 aromatic carbocycles. The van der Waals surface area contributed by atoms with Gasteiger partial charge in [0.2, 0.25) is 5.91 Å². The van der Waals surface area contributed by atoms with Gasteiger partial charge in [-0.05, 0) is 55.6 Å². The zero-order valence-electron chi connectivity index (χ0n) is 10.2. The van der Waals surface area contributed by atoms with Gasteiger partial charge < -0.3 is 5.32 Å². The van der Waals surface area contributed by atoms with Gasteiger partial charge in [-0.15, -0.1) is 0 Å². The molecule has 2 saturated carbocycles. The maximum absolute atomic E-state index is 11.9. The van der Waals surface area contributed by atoms with Crippen LogP contribution >= 0.6 is 0 Å². The third-order valence-electron chi connectivity index (χ3n) is 4.19. The summed E-state index contributed by atoms with van der Waals surface area (Å²) in [4.78, 5) is 15.9. The van der Waals surface area contributed by atoms with E-state index >= 15 is 0 Å². The number of nitrogens with zero attached hydrogens (tertiary/aromatic N) is 1. The van der Waals surface area contributed by atoms with Crippen LogP contribution in [-0.2, 0) is 4.79 Å². The van der Waals surface area contributed by atoms with Crippen LogP contribution in [-0.4, -0.2) is 10.9 Å². The lowest BCUT2D eigenvalue weighted by Gasteiger charge is -2.35. The maximum atomic E-state index is 11.9. The van der Waals surface area contributed by atoms with Gasteiger partial charge in [0.1, 0.15) is 0 Å². The second kappa shape index (κ2) is 3.83. The van der Waals surface area contributed by atoms with Crippen molar-refractivity contribution in [3.05, 3.63) is 24.0 Å². The molecule has 0 unspecified atom stereocenters. The predicted molar refractivity (Wildman–Crippen MR) is 66.6 cm³/mol. The molecule has 2 aliphatic rings. The van der Waals surface area contributed by atoms with Crippen LogP contribution in [0.25, 0.3) is 0 Å². The van der Waals surface area contributed by atoms with Gasteiger partial charge >= 0.3 is 0 Å². The number of carbonyl (C=O) groups is 1. The second-order valence-electron chi connectivity index (χ2n) is 5.72. The van der Waals surface area contributed by atoms with Gasteiger partial charge in [-0.3, -0.25) is 9.78 Å². The number of rotatable bonds is 3. The third-order valence-corrected chi connectivity index (χ3v) is 4.19. The number of pyridine rings is 1. The van der Waals surface area contributed by atoms with E-state index in [1.165, 1.54) is 25.7 Å². The normalized spacial score (nSPS) is 21.0. The van der Waals surface area contributed by atoms with Crippen molar-refractivity contribution in [2.45, 2.75) is 39.0 Å². The number of hydrogen-bond acceptors (Lipinski definition) is 2. The Balaban J connectivity index is 1.52. The summed E-state index contributed by atoms with van der Waals surface area (Å²) >= 11 is 0. The van der Waals surface area contributed by atoms with E-state index in [2.05, 4.69) is 10.3 Å². The minimum Gasteiger partial charge on any atom is -0.325 e. The van der Waals surface area contributed by atoms with E-state index in [9.17, 15) is 4.79 Å². The standard InChI is InChI=1S/C14H18N2O/c1-10-2-5-15-9-12(10)16-13(17)6-11-7-14(8-11)3-4-14/h2,5,9,11H,3-4,6-8H2,1H3,(H,16,17). The highest BCUT2D eigenvalue weighted by atomic mass is 16.1. The highest BCUT2D eigenvalue weighted by molar-refractivity contribution is 5.91. The summed E-state index contributed by atoms with van der Waals surface area (Å²) in [7, 11) is 0. The average molecular weight is 230 g/mol. The van der Waals surface area contributed by atoms with Gasteiger partial charge in [0, 0.05) is 12.6 Å². The summed E-state index contributed by atoms with van der Waals surface area (Å²) in [5.41, 5.74) is 2.61. The predicted octanol–water partition coefficient (Wildman–Crippen LogP) is 2.91. The molecule has 90 valence electrons. The molecule has 1 amide bonds. The second-order valence-corrected chi connectivity index (χ2v) is 5.72. The van der Waals surface area contributed by atoms with E-state index in [-0.39, 0.29) is 5.91 Å². The number of hydrogen-bond donors (Lipinski definition) is 1. The molecule has 2 fully saturated rings. The number of anilines is 1. The van der Waals surface area contributed by atoms with Crippen molar-refractivity contribution in [2.24, 2.45) is 11.3 Å². The molecule has 0 saturated heterocycles. The summed E-state index contributed by atoms with van der Waals surface area (Å²) in [6.45, 7) is 1.99. The van der Waals surface area contributed by atoms with E-state index < -0.39 is 0 Å². The molecule has 3 rings (SSSR count). The molecule has 0 atom stereocenters. The molecule has 0 radical (unpaired) electrons. The molecule has 17 heavy (non-hydrogen) atoms. The molecule has 1 aromatic heterocycles. The first-order valence-electron chi connectivity index (χ1n) is 6.37. The Bertz CT molecular complexity index is 443. The third kappa shape index (κ3) is 2.19. The maximum Gasteiger partial charge on any atom is 0.224 e. The van der Waals surface area contributed by atoms with E-state index in [0.29, 0.717) is 17.8 Å². The van der Waals surface area contributed by atoms with Crippen molar-refractivity contribution in [3.8, 4) is 0 Å². The lowest BCUT2D eigenvalue weighted by molar-refractivity contribution is -0.118. The Hall–Kier alpha value is -1.38. The van der Waals surface area contributed by atoms with Crippen LogP contribution in [0.15, 0.2) is 18.5 Å². The van der Waals surface area contributed by atoms with Gasteiger partial charge in [0.05, 0.1) is 11.9 Å². The van der Waals surface area contributed by atoms with Crippen LogP contribution < -0.4 is 5.32 Å². The number of carbonyl (C=O) groups excluding carboxylic acids is 1. The van der Waals surface area contributed by atoms with Crippen LogP contribution in [0, 0.1) is 18.3 Å². The van der Waals surface area contributed by atoms with Crippen molar-refractivity contribution in [1.82, 2.24) is 4.98 Å². The van der Waals surface area contributed by atoms with Crippen molar-refractivity contribution in [2.75, 3.05) is 5.32 Å². The lowest BCUT2D eigenvalue weighted by atomic mass is 9.70. The number of amides is 1. The summed E-state index contributed by atoms with van der Waals surface area (Å²) in [5.74, 6) is 0.760. The average Bonchev–Trinajstić information content (AvgIpc) is 3.01. The fourth-order valence-corrected chi connectivity index (χ4v) is 2.95. The molecule has 1 heterocycles. The largest absolute Gasteiger partial charge is 0.325 e. The summed E-state index contributed by atoms with van der Waals surface area (Å²) in [6, 6.07) is 1.91. The van der Waals surface area contributed by atoms with Gasteiger partial charge in [0.25, 0.3) is 0 Å². The minimum absolute atomic E-state index is 0.140. The molecule has 2 aliphatic carbocycles. The minimum atomic E-state index is 0.140. The Labute approximate surface area is 102 Å². The molecular weight excluding hydrogens is 212 g/mol. The Morgan fingerprint density at radius 3 is 2.94 bits per heavy atom. The topological polar surface area (TPSA) is 42.0 Å². The molecular formula is C14H18N2O. The Morgan fingerprint density at radius 1 is 1.53 bits per heavy atom. The number of aromatic nitrogens is 1. The van der Waals surface area contributed by atoms with E-state index in [1.54, 1.807) is 12.4 Å². The van der Waals surface area contributed by atoms with Crippen molar-refractivity contribution < 1.29 is 4.79 Å². The summed E-state index contributed by atoms with van der Waals surface area (Å²) < 4.78 is 0. The van der Waals surface area contributed by atoms with Crippen LogP contribution in [0.2, 0.25) is 0 Å². The van der Waals surface area contributed by atoms with Gasteiger partial charge in [0.15, 0.2) is 0 Å². The van der Waals surface area contributed by atoms with Crippen molar-refractivity contribution >= 4 is 11.6 Å². The first-order chi connectivity index (χ1) is 8.17. The summed E-state index contributed by atoms with van der Waals surface area (Å²) in [5, 5.41) is 2.96. The molecule has 3 heteroatoms. The monoisotopic (exact) mass is 230 g/mol. The fourth-order valence-electron chi connectivity index (χ4n) is 2.95. The SMILES string of the molecule is Cc1ccncc1NC(=O)CC1CC2(CC2)C1. The van der Waals surface area contributed by atoms with Gasteiger partial charge in [-0.1, -0.05) is 0 Å². The Kier molecular flexibility index (Phi) is 2.42.